The molecule has 162 valence electrons. The van der Waals surface area contributed by atoms with Crippen molar-refractivity contribution in [3.63, 3.8) is 0 Å². The Bertz CT molecular complexity index is 1180. The number of carbonyl (C=O) groups excluding carboxylic acids is 2. The molecule has 1 atom stereocenters. The van der Waals surface area contributed by atoms with Crippen molar-refractivity contribution in [2.24, 2.45) is 0 Å². The monoisotopic (exact) mass is 444 g/mol. The zero-order valence-corrected chi connectivity index (χ0v) is 17.9. The van der Waals surface area contributed by atoms with Crippen LogP contribution < -0.4 is 0 Å². The van der Waals surface area contributed by atoms with Crippen LogP contribution >= 0.6 is 0 Å². The molecule has 3 aromatic rings. The molecule has 0 fully saturated rings. The normalized spacial score (nSPS) is 12.5. The highest BCUT2D eigenvalue weighted by Crippen LogP contribution is 2.21. The third kappa shape index (κ3) is 5.19. The molecule has 11 heteroatoms. The second-order valence-corrected chi connectivity index (χ2v) is 8.72. The maximum Gasteiger partial charge on any atom is 0.322 e. The third-order valence-corrected chi connectivity index (χ3v) is 6.16. The molecule has 31 heavy (non-hydrogen) atoms. The number of sulfonamides is 1. The molecule has 0 N–H and O–H groups in total. The van der Waals surface area contributed by atoms with E-state index in [2.05, 4.69) is 15.1 Å². The van der Waals surface area contributed by atoms with Crippen LogP contribution in [0.1, 0.15) is 36.2 Å². The van der Waals surface area contributed by atoms with Crippen LogP contribution in [0.4, 0.5) is 0 Å². The Morgan fingerprint density at radius 3 is 2.52 bits per heavy atom. The molecular formula is C20H20N4O6S. The van der Waals surface area contributed by atoms with Gasteiger partial charge in [0.2, 0.25) is 15.8 Å². The molecule has 2 aromatic heterocycles. The van der Waals surface area contributed by atoms with Gasteiger partial charge in [-0.3, -0.25) is 14.6 Å². The number of rotatable bonds is 8. The number of ketones is 1. The SMILES string of the molecule is CC(=O)c1ccc(S(=O)(=O)N(C)CC(=O)OC(C)c2nc(-c3cccnc3)no2)cc1. The van der Waals surface area contributed by atoms with E-state index in [1.54, 1.807) is 24.5 Å². The first-order valence-electron chi connectivity index (χ1n) is 9.19. The van der Waals surface area contributed by atoms with E-state index in [1.165, 1.54) is 45.2 Å². The lowest BCUT2D eigenvalue weighted by molar-refractivity contribution is -0.149. The zero-order valence-electron chi connectivity index (χ0n) is 17.0. The summed E-state index contributed by atoms with van der Waals surface area (Å²) in [5.41, 5.74) is 1.03. The van der Waals surface area contributed by atoms with Gasteiger partial charge in [0.25, 0.3) is 5.89 Å². The van der Waals surface area contributed by atoms with Crippen molar-refractivity contribution in [2.45, 2.75) is 24.8 Å². The fourth-order valence-corrected chi connectivity index (χ4v) is 3.72. The number of benzene rings is 1. The van der Waals surface area contributed by atoms with Crippen molar-refractivity contribution in [1.82, 2.24) is 19.4 Å². The second kappa shape index (κ2) is 9.14. The molecule has 0 amide bonds. The van der Waals surface area contributed by atoms with Gasteiger partial charge in [-0.25, -0.2) is 8.42 Å². The van der Waals surface area contributed by atoms with Crippen LogP contribution in [0, 0.1) is 0 Å². The lowest BCUT2D eigenvalue weighted by atomic mass is 10.2. The number of esters is 1. The van der Waals surface area contributed by atoms with Crippen molar-refractivity contribution < 1.29 is 27.3 Å². The van der Waals surface area contributed by atoms with Crippen LogP contribution in [0.5, 0.6) is 0 Å². The summed E-state index contributed by atoms with van der Waals surface area (Å²) in [6.07, 6.45) is 2.29. The number of carbonyl (C=O) groups is 2. The van der Waals surface area contributed by atoms with Gasteiger partial charge in [-0.05, 0) is 38.1 Å². The Hall–Kier alpha value is -3.44. The lowest BCUT2D eigenvalue weighted by Gasteiger charge is -2.17. The Morgan fingerprint density at radius 1 is 1.19 bits per heavy atom. The number of hydrogen-bond acceptors (Lipinski definition) is 9. The Balaban J connectivity index is 1.63. The van der Waals surface area contributed by atoms with Crippen LogP contribution in [-0.4, -0.2) is 53.2 Å². The highest BCUT2D eigenvalue weighted by Gasteiger charge is 2.26. The van der Waals surface area contributed by atoms with Crippen LogP contribution in [0.3, 0.4) is 0 Å². The van der Waals surface area contributed by atoms with Crippen molar-refractivity contribution in [3.05, 3.63) is 60.2 Å². The van der Waals surface area contributed by atoms with Gasteiger partial charge < -0.3 is 9.26 Å². The zero-order chi connectivity index (χ0) is 22.6. The molecule has 3 rings (SSSR count). The second-order valence-electron chi connectivity index (χ2n) is 6.67. The van der Waals surface area contributed by atoms with Crippen molar-refractivity contribution in [3.8, 4) is 11.4 Å². The van der Waals surface area contributed by atoms with Gasteiger partial charge in [0.15, 0.2) is 11.9 Å². The third-order valence-electron chi connectivity index (χ3n) is 4.34. The molecule has 0 saturated heterocycles. The Kier molecular flexibility index (Phi) is 6.56. The van der Waals surface area contributed by atoms with Crippen LogP contribution in [0.15, 0.2) is 58.2 Å². The summed E-state index contributed by atoms with van der Waals surface area (Å²) < 4.78 is 36.5. The van der Waals surface area contributed by atoms with E-state index in [4.69, 9.17) is 9.26 Å². The summed E-state index contributed by atoms with van der Waals surface area (Å²) in [7, 11) is -2.69. The van der Waals surface area contributed by atoms with Crippen LogP contribution in [-0.2, 0) is 19.6 Å². The number of ether oxygens (including phenoxy) is 1. The van der Waals surface area contributed by atoms with Gasteiger partial charge in [0.1, 0.15) is 6.54 Å². The molecule has 10 nitrogen and oxygen atoms in total. The predicted octanol–water partition coefficient (Wildman–Crippen LogP) is 2.26. The van der Waals surface area contributed by atoms with E-state index in [0.717, 1.165) is 4.31 Å². The highest BCUT2D eigenvalue weighted by atomic mass is 32.2. The maximum absolute atomic E-state index is 12.7. The van der Waals surface area contributed by atoms with E-state index in [-0.39, 0.29) is 16.6 Å². The summed E-state index contributed by atoms with van der Waals surface area (Å²) in [5, 5.41) is 3.83. The minimum Gasteiger partial charge on any atom is -0.452 e. The minimum absolute atomic E-state index is 0.0427. The standard InChI is InChI=1S/C20H20N4O6S/c1-13(25)15-6-8-17(9-7-15)31(27,28)24(3)12-18(26)29-14(2)20-22-19(23-30-20)16-5-4-10-21-11-16/h4-11,14H,12H2,1-3H3. The average molecular weight is 444 g/mol. The van der Waals surface area contributed by atoms with E-state index >= 15 is 0 Å². The van der Waals surface area contributed by atoms with Crippen molar-refractivity contribution in [1.29, 1.82) is 0 Å². The largest absolute Gasteiger partial charge is 0.452 e. The summed E-state index contributed by atoms with van der Waals surface area (Å²) in [6, 6.07) is 8.93. The first-order chi connectivity index (χ1) is 14.7. The fourth-order valence-electron chi connectivity index (χ4n) is 2.61. The van der Waals surface area contributed by atoms with Gasteiger partial charge in [0, 0.05) is 30.6 Å². The van der Waals surface area contributed by atoms with Gasteiger partial charge in [-0.1, -0.05) is 17.3 Å². The van der Waals surface area contributed by atoms with Crippen molar-refractivity contribution >= 4 is 21.8 Å². The average Bonchev–Trinajstić information content (AvgIpc) is 3.25. The Labute approximate surface area is 178 Å². The molecular weight excluding hydrogens is 424 g/mol. The van der Waals surface area contributed by atoms with Gasteiger partial charge in [0.05, 0.1) is 4.90 Å². The summed E-state index contributed by atoms with van der Waals surface area (Å²) >= 11 is 0. The van der Waals surface area contributed by atoms with Crippen LogP contribution in [0.2, 0.25) is 0 Å². The highest BCUT2D eigenvalue weighted by molar-refractivity contribution is 7.89. The van der Waals surface area contributed by atoms with Crippen LogP contribution in [0.25, 0.3) is 11.4 Å². The van der Waals surface area contributed by atoms with E-state index in [9.17, 15) is 18.0 Å². The Morgan fingerprint density at radius 2 is 1.90 bits per heavy atom. The minimum atomic E-state index is -3.95. The van der Waals surface area contributed by atoms with Crippen molar-refractivity contribution in [2.75, 3.05) is 13.6 Å². The summed E-state index contributed by atoms with van der Waals surface area (Å²) in [4.78, 5) is 31.7. The van der Waals surface area contributed by atoms with Gasteiger partial charge >= 0.3 is 5.97 Å². The fraction of sp³-hybridized carbons (Fsp3) is 0.250. The topological polar surface area (TPSA) is 133 Å². The molecule has 0 aliphatic carbocycles. The molecule has 0 saturated carbocycles. The molecule has 0 spiro atoms. The first-order valence-corrected chi connectivity index (χ1v) is 10.6. The quantitative estimate of drug-likeness (QED) is 0.379. The number of aromatic nitrogens is 3. The van der Waals surface area contributed by atoms with E-state index in [1.807, 2.05) is 0 Å². The molecule has 0 radical (unpaired) electrons. The van der Waals surface area contributed by atoms with E-state index < -0.39 is 28.6 Å². The summed E-state index contributed by atoms with van der Waals surface area (Å²) in [5.74, 6) is -0.611. The van der Waals surface area contributed by atoms with Gasteiger partial charge in [-0.15, -0.1) is 0 Å². The predicted molar refractivity (Wildman–Crippen MR) is 108 cm³/mol. The van der Waals surface area contributed by atoms with Gasteiger partial charge in [-0.2, -0.15) is 9.29 Å². The number of Topliss-reactive ketones (excluding diaryl/α,β-unsaturated/α-hetero) is 1. The molecule has 2 heterocycles. The molecule has 0 aliphatic rings. The molecule has 1 unspecified atom stereocenters. The molecule has 0 bridgehead atoms. The number of hydrogen-bond donors (Lipinski definition) is 0. The maximum atomic E-state index is 12.7. The van der Waals surface area contributed by atoms with E-state index in [0.29, 0.717) is 17.0 Å². The molecule has 0 aliphatic heterocycles. The lowest BCUT2D eigenvalue weighted by Crippen LogP contribution is -2.33. The summed E-state index contributed by atoms with van der Waals surface area (Å²) in [6.45, 7) is 2.40. The smallest absolute Gasteiger partial charge is 0.322 e. The molecule has 1 aromatic carbocycles. The first kappa shape index (κ1) is 22.2. The number of pyridine rings is 1. The number of likely N-dealkylation sites (N-methyl/N-ethyl adjacent to an activating group) is 1. The number of nitrogens with zero attached hydrogens (tertiary/aromatic N) is 4.